The first-order valence-corrected chi connectivity index (χ1v) is 7.48. The molecule has 0 bridgehead atoms. The molecule has 0 saturated carbocycles. The van der Waals surface area contributed by atoms with Crippen LogP contribution in [0.15, 0.2) is 30.3 Å². The molecule has 4 nitrogen and oxygen atoms in total. The van der Waals surface area contributed by atoms with Crippen LogP contribution in [0.25, 0.3) is 0 Å². The molecule has 0 saturated heterocycles. The highest BCUT2D eigenvalue weighted by atomic mass is 35.5. The minimum absolute atomic E-state index is 0.0218. The van der Waals surface area contributed by atoms with Gasteiger partial charge in [-0.3, -0.25) is 4.79 Å². The number of carbonyl (C=O) groups excluding carboxylic acids is 1. The Balaban J connectivity index is 2.32. The molecule has 1 N–H and O–H groups in total. The molecule has 2 aromatic carbocycles. The van der Waals surface area contributed by atoms with Crippen molar-refractivity contribution in [1.82, 2.24) is 0 Å². The predicted octanol–water partition coefficient (Wildman–Crippen LogP) is 4.79. The molecule has 0 heterocycles. The number of ether oxygens (including phenoxy) is 2. The monoisotopic (exact) mass is 357 g/mol. The summed E-state index contributed by atoms with van der Waals surface area (Å²) in [6.07, 6.45) is 0. The van der Waals surface area contributed by atoms with Crippen LogP contribution in [0.3, 0.4) is 0 Å². The molecule has 7 heteroatoms. The van der Waals surface area contributed by atoms with E-state index in [1.165, 1.54) is 37.4 Å². The number of halogens is 3. The van der Waals surface area contributed by atoms with Crippen LogP contribution in [0.2, 0.25) is 10.0 Å². The van der Waals surface area contributed by atoms with Crippen LogP contribution in [0.1, 0.15) is 17.3 Å². The molecule has 23 heavy (non-hydrogen) atoms. The zero-order chi connectivity index (χ0) is 17.0. The number of nitrogens with one attached hydrogen (secondary N) is 1. The number of rotatable bonds is 5. The van der Waals surface area contributed by atoms with E-state index in [0.717, 1.165) is 0 Å². The van der Waals surface area contributed by atoms with Crippen LogP contribution in [0, 0.1) is 5.82 Å². The zero-order valence-corrected chi connectivity index (χ0v) is 14.0. The van der Waals surface area contributed by atoms with E-state index in [9.17, 15) is 9.18 Å². The van der Waals surface area contributed by atoms with E-state index in [2.05, 4.69) is 5.32 Å². The first-order chi connectivity index (χ1) is 11.0. The van der Waals surface area contributed by atoms with Gasteiger partial charge in [-0.1, -0.05) is 23.2 Å². The van der Waals surface area contributed by atoms with Crippen LogP contribution >= 0.6 is 23.2 Å². The lowest BCUT2D eigenvalue weighted by molar-refractivity contribution is 0.102. The highest BCUT2D eigenvalue weighted by Crippen LogP contribution is 2.36. The average molecular weight is 358 g/mol. The van der Waals surface area contributed by atoms with Gasteiger partial charge in [-0.25, -0.2) is 4.39 Å². The van der Waals surface area contributed by atoms with Crippen molar-refractivity contribution in [3.05, 3.63) is 51.8 Å². The van der Waals surface area contributed by atoms with E-state index in [1.54, 1.807) is 6.92 Å². The molecule has 2 rings (SSSR count). The molecule has 0 fully saturated rings. The summed E-state index contributed by atoms with van der Waals surface area (Å²) < 4.78 is 24.2. The van der Waals surface area contributed by atoms with Gasteiger partial charge in [0.2, 0.25) is 0 Å². The number of amides is 1. The van der Waals surface area contributed by atoms with Crippen LogP contribution < -0.4 is 14.8 Å². The van der Waals surface area contributed by atoms with Crippen molar-refractivity contribution in [2.75, 3.05) is 19.0 Å². The molecular formula is C16H14Cl2FNO3. The fourth-order valence-electron chi connectivity index (χ4n) is 1.92. The summed E-state index contributed by atoms with van der Waals surface area (Å²) in [5, 5.41) is 2.98. The third kappa shape index (κ3) is 4.06. The second-order valence-electron chi connectivity index (χ2n) is 4.50. The van der Waals surface area contributed by atoms with Crippen molar-refractivity contribution in [3.63, 3.8) is 0 Å². The maximum atomic E-state index is 13.7. The molecule has 0 aliphatic carbocycles. The van der Waals surface area contributed by atoms with Crippen LogP contribution in [-0.2, 0) is 0 Å². The number of hydrogen-bond acceptors (Lipinski definition) is 3. The van der Waals surface area contributed by atoms with Crippen LogP contribution in [0.5, 0.6) is 11.5 Å². The molecule has 0 radical (unpaired) electrons. The average Bonchev–Trinajstić information content (AvgIpc) is 2.52. The molecule has 2 aromatic rings. The largest absolute Gasteiger partial charge is 0.493 e. The van der Waals surface area contributed by atoms with Crippen molar-refractivity contribution < 1.29 is 18.7 Å². The Hall–Kier alpha value is -1.98. The Morgan fingerprint density at radius 3 is 2.65 bits per heavy atom. The predicted molar refractivity (Wildman–Crippen MR) is 88.5 cm³/mol. The van der Waals surface area contributed by atoms with Gasteiger partial charge in [-0.15, -0.1) is 0 Å². The Labute approximate surface area is 143 Å². The first kappa shape index (κ1) is 17.4. The number of methoxy groups -OCH3 is 1. The number of carbonyl (C=O) groups is 1. The van der Waals surface area contributed by atoms with Gasteiger partial charge in [0.1, 0.15) is 5.82 Å². The van der Waals surface area contributed by atoms with E-state index in [-0.39, 0.29) is 16.3 Å². The quantitative estimate of drug-likeness (QED) is 0.836. The van der Waals surface area contributed by atoms with Crippen LogP contribution in [0.4, 0.5) is 10.1 Å². The summed E-state index contributed by atoms with van der Waals surface area (Å²) in [5.41, 5.74) is 0.182. The molecule has 0 aromatic heterocycles. The van der Waals surface area contributed by atoms with Crippen molar-refractivity contribution in [3.8, 4) is 11.5 Å². The highest BCUT2D eigenvalue weighted by molar-refractivity contribution is 6.33. The molecule has 0 aliphatic heterocycles. The zero-order valence-electron chi connectivity index (χ0n) is 12.5. The summed E-state index contributed by atoms with van der Waals surface area (Å²) in [5.74, 6) is -0.473. The van der Waals surface area contributed by atoms with Crippen molar-refractivity contribution in [2.24, 2.45) is 0 Å². The molecule has 0 aliphatic rings. The molecular weight excluding hydrogens is 344 g/mol. The van der Waals surface area contributed by atoms with Gasteiger partial charge in [0, 0.05) is 10.6 Å². The lowest BCUT2D eigenvalue weighted by Crippen LogP contribution is -2.13. The Morgan fingerprint density at radius 2 is 2.00 bits per heavy atom. The van der Waals surface area contributed by atoms with Crippen molar-refractivity contribution in [2.45, 2.75) is 6.92 Å². The standard InChI is InChI=1S/C16H14Cl2FNO3/c1-3-23-15-11(18)6-9(7-14(15)22-2)16(21)20-13-8-10(17)4-5-12(13)19/h4-8H,3H2,1-2H3,(H,20,21). The summed E-state index contributed by atoms with van der Waals surface area (Å²) in [6, 6.07) is 6.77. The maximum Gasteiger partial charge on any atom is 0.255 e. The molecule has 0 unspecified atom stereocenters. The van der Waals surface area contributed by atoms with Gasteiger partial charge in [0.15, 0.2) is 11.5 Å². The summed E-state index contributed by atoms with van der Waals surface area (Å²) >= 11 is 11.9. The second kappa shape index (κ2) is 7.53. The van der Waals surface area contributed by atoms with Gasteiger partial charge < -0.3 is 14.8 Å². The smallest absolute Gasteiger partial charge is 0.255 e. The fourth-order valence-corrected chi connectivity index (χ4v) is 2.36. The Bertz CT molecular complexity index is 738. The van der Waals surface area contributed by atoms with E-state index in [1.807, 2.05) is 0 Å². The summed E-state index contributed by atoms with van der Waals surface area (Å²) in [6.45, 7) is 2.20. The maximum absolute atomic E-state index is 13.7. The van der Waals surface area contributed by atoms with E-state index in [4.69, 9.17) is 32.7 Å². The lowest BCUT2D eigenvalue weighted by Gasteiger charge is -2.13. The highest BCUT2D eigenvalue weighted by Gasteiger charge is 2.17. The topological polar surface area (TPSA) is 47.6 Å². The molecule has 122 valence electrons. The third-order valence-electron chi connectivity index (χ3n) is 2.96. The normalized spacial score (nSPS) is 10.3. The summed E-state index contributed by atoms with van der Waals surface area (Å²) in [4.78, 5) is 12.3. The van der Waals surface area contributed by atoms with E-state index >= 15 is 0 Å². The van der Waals surface area contributed by atoms with Crippen LogP contribution in [-0.4, -0.2) is 19.6 Å². The fraction of sp³-hybridized carbons (Fsp3) is 0.188. The van der Waals surface area contributed by atoms with Gasteiger partial charge in [0.05, 0.1) is 24.4 Å². The SMILES string of the molecule is CCOc1c(Cl)cc(C(=O)Nc2cc(Cl)ccc2F)cc1OC. The minimum Gasteiger partial charge on any atom is -0.493 e. The van der Waals surface area contributed by atoms with Gasteiger partial charge in [-0.05, 0) is 37.3 Å². The van der Waals surface area contributed by atoms with Gasteiger partial charge >= 0.3 is 0 Å². The number of benzene rings is 2. The van der Waals surface area contributed by atoms with Crippen molar-refractivity contribution in [1.29, 1.82) is 0 Å². The third-order valence-corrected chi connectivity index (χ3v) is 3.47. The Kier molecular flexibility index (Phi) is 5.69. The number of hydrogen-bond donors (Lipinski definition) is 1. The summed E-state index contributed by atoms with van der Waals surface area (Å²) in [7, 11) is 1.44. The molecule has 0 atom stereocenters. The molecule has 0 spiro atoms. The first-order valence-electron chi connectivity index (χ1n) is 6.73. The minimum atomic E-state index is -0.591. The Morgan fingerprint density at radius 1 is 1.26 bits per heavy atom. The second-order valence-corrected chi connectivity index (χ2v) is 5.34. The van der Waals surface area contributed by atoms with Gasteiger partial charge in [0.25, 0.3) is 5.91 Å². The number of anilines is 1. The lowest BCUT2D eigenvalue weighted by atomic mass is 10.1. The van der Waals surface area contributed by atoms with E-state index in [0.29, 0.717) is 23.1 Å². The van der Waals surface area contributed by atoms with Crippen molar-refractivity contribution >= 4 is 34.8 Å². The molecule has 1 amide bonds. The van der Waals surface area contributed by atoms with E-state index < -0.39 is 11.7 Å². The van der Waals surface area contributed by atoms with Gasteiger partial charge in [-0.2, -0.15) is 0 Å².